The molecule has 23 heavy (non-hydrogen) atoms. The van der Waals surface area contributed by atoms with Gasteiger partial charge in [-0.15, -0.1) is 0 Å². The summed E-state index contributed by atoms with van der Waals surface area (Å²) in [6.45, 7) is 2.90. The zero-order valence-corrected chi connectivity index (χ0v) is 13.1. The number of rotatable bonds is 4. The van der Waals surface area contributed by atoms with Crippen molar-refractivity contribution in [1.82, 2.24) is 9.78 Å². The van der Waals surface area contributed by atoms with Gasteiger partial charge in [-0.25, -0.2) is 9.07 Å². The molecule has 0 radical (unpaired) electrons. The third kappa shape index (κ3) is 3.76. The van der Waals surface area contributed by atoms with Crippen molar-refractivity contribution in [3.8, 4) is 0 Å². The first-order chi connectivity index (χ1) is 11.1. The minimum Gasteiger partial charge on any atom is -0.368 e. The third-order valence-electron chi connectivity index (χ3n) is 3.96. The molecule has 5 nitrogen and oxygen atoms in total. The van der Waals surface area contributed by atoms with Gasteiger partial charge in [0.2, 0.25) is 0 Å². The Hall–Kier alpha value is -2.21. The van der Waals surface area contributed by atoms with Crippen LogP contribution in [0, 0.1) is 12.7 Å². The van der Waals surface area contributed by atoms with Crippen molar-refractivity contribution < 1.29 is 13.9 Å². The van der Waals surface area contributed by atoms with Gasteiger partial charge >= 0.3 is 0 Å². The molecule has 2 aromatic rings. The lowest BCUT2D eigenvalue weighted by Crippen LogP contribution is -2.34. The van der Waals surface area contributed by atoms with Gasteiger partial charge in [0.05, 0.1) is 12.7 Å². The Morgan fingerprint density at radius 2 is 2.35 bits per heavy atom. The van der Waals surface area contributed by atoms with Crippen LogP contribution in [0.1, 0.15) is 30.4 Å². The average molecular weight is 317 g/mol. The van der Waals surface area contributed by atoms with Crippen LogP contribution in [-0.2, 0) is 16.1 Å². The smallest absolute Gasteiger partial charge is 0.254 e. The van der Waals surface area contributed by atoms with Gasteiger partial charge in [-0.3, -0.25) is 4.79 Å². The fourth-order valence-corrected chi connectivity index (χ4v) is 2.71. The summed E-state index contributed by atoms with van der Waals surface area (Å²) in [5.74, 6) is 0.204. The molecule has 1 atom stereocenters. The number of ether oxygens (including phenoxy) is 1. The summed E-state index contributed by atoms with van der Waals surface area (Å²) in [5, 5.41) is 7.18. The van der Waals surface area contributed by atoms with E-state index >= 15 is 0 Å². The average Bonchev–Trinajstić information content (AvgIpc) is 2.89. The molecule has 1 aliphatic heterocycles. The van der Waals surface area contributed by atoms with Gasteiger partial charge in [0.25, 0.3) is 5.91 Å². The summed E-state index contributed by atoms with van der Waals surface area (Å²) in [5.41, 5.74) is 1.66. The fraction of sp³-hybridized carbons (Fsp3) is 0.412. The first-order valence-electron chi connectivity index (χ1n) is 7.83. The predicted octanol–water partition coefficient (Wildman–Crippen LogP) is 2.89. The molecule has 2 heterocycles. The second-order valence-electron chi connectivity index (χ2n) is 5.81. The summed E-state index contributed by atoms with van der Waals surface area (Å²) in [6, 6.07) is 6.36. The maximum absolute atomic E-state index is 13.3. The molecule has 122 valence electrons. The fourth-order valence-electron chi connectivity index (χ4n) is 2.71. The van der Waals surface area contributed by atoms with Gasteiger partial charge in [-0.1, -0.05) is 12.1 Å². The quantitative estimate of drug-likeness (QED) is 0.943. The number of aromatic nitrogens is 2. The normalized spacial score (nSPS) is 17.9. The molecule has 0 aliphatic carbocycles. The van der Waals surface area contributed by atoms with Gasteiger partial charge < -0.3 is 10.1 Å². The van der Waals surface area contributed by atoms with Crippen molar-refractivity contribution in [2.45, 2.75) is 38.8 Å². The van der Waals surface area contributed by atoms with E-state index in [9.17, 15) is 9.18 Å². The number of benzene rings is 1. The lowest BCUT2D eigenvalue weighted by atomic mass is 10.1. The predicted molar refractivity (Wildman–Crippen MR) is 84.7 cm³/mol. The Kier molecular flexibility index (Phi) is 4.71. The first kappa shape index (κ1) is 15.7. The first-order valence-corrected chi connectivity index (χ1v) is 7.83. The van der Waals surface area contributed by atoms with E-state index in [2.05, 4.69) is 10.4 Å². The molecule has 1 N–H and O–H groups in total. The minimum absolute atomic E-state index is 0.145. The van der Waals surface area contributed by atoms with Gasteiger partial charge in [0.1, 0.15) is 17.7 Å². The molecule has 1 aromatic heterocycles. The zero-order chi connectivity index (χ0) is 16.2. The van der Waals surface area contributed by atoms with Crippen molar-refractivity contribution >= 4 is 11.7 Å². The van der Waals surface area contributed by atoms with Gasteiger partial charge in [0.15, 0.2) is 0 Å². The van der Waals surface area contributed by atoms with Crippen LogP contribution >= 0.6 is 0 Å². The van der Waals surface area contributed by atoms with Crippen molar-refractivity contribution in [3.05, 3.63) is 47.4 Å². The van der Waals surface area contributed by atoms with E-state index < -0.39 is 6.10 Å². The summed E-state index contributed by atoms with van der Waals surface area (Å²) in [6.07, 6.45) is 4.03. The Bertz CT molecular complexity index is 693. The SMILES string of the molecule is Cc1cnn(Cc2cccc(F)c2)c1NC(=O)[C@H]1CCCCO1. The van der Waals surface area contributed by atoms with E-state index in [1.807, 2.05) is 13.0 Å². The second-order valence-corrected chi connectivity index (χ2v) is 5.81. The lowest BCUT2D eigenvalue weighted by Gasteiger charge is -2.22. The molecule has 6 heteroatoms. The lowest BCUT2D eigenvalue weighted by molar-refractivity contribution is -0.130. The Labute approximate surface area is 134 Å². The third-order valence-corrected chi connectivity index (χ3v) is 3.96. The van der Waals surface area contributed by atoms with Gasteiger partial charge in [-0.2, -0.15) is 5.10 Å². The Morgan fingerprint density at radius 1 is 1.48 bits per heavy atom. The number of halogens is 1. The van der Waals surface area contributed by atoms with Crippen LogP contribution in [0.25, 0.3) is 0 Å². The molecular formula is C17H20FN3O2. The second kappa shape index (κ2) is 6.91. The van der Waals surface area contributed by atoms with E-state index in [-0.39, 0.29) is 11.7 Å². The van der Waals surface area contributed by atoms with E-state index in [1.54, 1.807) is 16.9 Å². The Balaban J connectivity index is 1.74. The number of hydrogen-bond acceptors (Lipinski definition) is 3. The van der Waals surface area contributed by atoms with Crippen LogP contribution in [0.3, 0.4) is 0 Å². The number of amides is 1. The molecule has 1 aromatic carbocycles. The largest absolute Gasteiger partial charge is 0.368 e. The highest BCUT2D eigenvalue weighted by Gasteiger charge is 2.23. The number of nitrogens with zero attached hydrogens (tertiary/aromatic N) is 2. The van der Waals surface area contributed by atoms with Crippen LogP contribution in [0.2, 0.25) is 0 Å². The molecule has 0 saturated carbocycles. The number of carbonyl (C=O) groups is 1. The summed E-state index contributed by atoms with van der Waals surface area (Å²) >= 11 is 0. The van der Waals surface area contributed by atoms with E-state index in [1.165, 1.54) is 12.1 Å². The maximum atomic E-state index is 13.3. The highest BCUT2D eigenvalue weighted by Crippen LogP contribution is 2.19. The van der Waals surface area contributed by atoms with E-state index in [0.29, 0.717) is 19.0 Å². The highest BCUT2D eigenvalue weighted by atomic mass is 19.1. The molecule has 0 unspecified atom stereocenters. The van der Waals surface area contributed by atoms with Gasteiger partial charge in [-0.05, 0) is 43.9 Å². The van der Waals surface area contributed by atoms with Crippen molar-refractivity contribution in [2.75, 3.05) is 11.9 Å². The highest BCUT2D eigenvalue weighted by molar-refractivity contribution is 5.94. The number of aryl methyl sites for hydroxylation is 1. The zero-order valence-electron chi connectivity index (χ0n) is 13.1. The maximum Gasteiger partial charge on any atom is 0.254 e. The number of anilines is 1. The topological polar surface area (TPSA) is 56.2 Å². The van der Waals surface area contributed by atoms with E-state index in [4.69, 9.17) is 4.74 Å². The van der Waals surface area contributed by atoms with Crippen LogP contribution in [-0.4, -0.2) is 28.4 Å². The van der Waals surface area contributed by atoms with Crippen molar-refractivity contribution in [1.29, 1.82) is 0 Å². The molecule has 3 rings (SSSR count). The van der Waals surface area contributed by atoms with Crippen molar-refractivity contribution in [2.24, 2.45) is 0 Å². The van der Waals surface area contributed by atoms with Crippen LogP contribution in [0.15, 0.2) is 30.5 Å². The summed E-state index contributed by atoms with van der Waals surface area (Å²) in [7, 11) is 0. The summed E-state index contributed by atoms with van der Waals surface area (Å²) < 4.78 is 20.5. The molecular weight excluding hydrogens is 297 g/mol. The molecule has 1 amide bonds. The monoisotopic (exact) mass is 317 g/mol. The molecule has 0 spiro atoms. The standard InChI is InChI=1S/C17H20FN3O2/c1-12-10-19-21(11-13-5-4-6-14(18)9-13)16(12)20-17(22)15-7-2-3-8-23-15/h4-6,9-10,15H,2-3,7-8,11H2,1H3,(H,20,22)/t15-/m1/s1. The summed E-state index contributed by atoms with van der Waals surface area (Å²) in [4.78, 5) is 12.3. The molecule has 1 aliphatic rings. The van der Waals surface area contributed by atoms with E-state index in [0.717, 1.165) is 30.4 Å². The number of hydrogen-bond donors (Lipinski definition) is 1. The number of carbonyl (C=O) groups excluding carboxylic acids is 1. The van der Waals surface area contributed by atoms with Gasteiger partial charge in [0, 0.05) is 12.2 Å². The molecule has 0 bridgehead atoms. The van der Waals surface area contributed by atoms with Crippen LogP contribution < -0.4 is 5.32 Å². The van der Waals surface area contributed by atoms with Crippen LogP contribution in [0.4, 0.5) is 10.2 Å². The number of nitrogens with one attached hydrogen (secondary N) is 1. The molecule has 1 fully saturated rings. The van der Waals surface area contributed by atoms with Crippen LogP contribution in [0.5, 0.6) is 0 Å². The minimum atomic E-state index is -0.402. The van der Waals surface area contributed by atoms with Crippen molar-refractivity contribution in [3.63, 3.8) is 0 Å². The molecule has 1 saturated heterocycles. The Morgan fingerprint density at radius 3 is 3.09 bits per heavy atom.